The second kappa shape index (κ2) is 9.02. The number of carboxylic acids is 1. The van der Waals surface area contributed by atoms with Gasteiger partial charge in [0.25, 0.3) is 0 Å². The summed E-state index contributed by atoms with van der Waals surface area (Å²) in [7, 11) is 0. The average molecular weight is 372 g/mol. The molecule has 0 bridgehead atoms. The third-order valence-electron chi connectivity index (χ3n) is 5.66. The summed E-state index contributed by atoms with van der Waals surface area (Å²) in [5.41, 5.74) is 1.55. The van der Waals surface area contributed by atoms with Crippen molar-refractivity contribution >= 4 is 23.5 Å². The minimum absolute atomic E-state index is 0.0619. The number of amides is 2. The number of nitrogens with zero attached hydrogens (tertiary/aromatic N) is 1. The van der Waals surface area contributed by atoms with E-state index < -0.39 is 5.97 Å². The number of aryl methyl sites for hydroxylation is 1. The van der Waals surface area contributed by atoms with Crippen molar-refractivity contribution in [2.45, 2.75) is 51.4 Å². The first-order valence-electron chi connectivity index (χ1n) is 9.95. The number of anilines is 1. The molecule has 27 heavy (non-hydrogen) atoms. The normalized spacial score (nSPS) is 22.4. The Hall–Kier alpha value is -2.37. The highest BCUT2D eigenvalue weighted by Crippen LogP contribution is 2.33. The molecular formula is C21H28N2O4. The Kier molecular flexibility index (Phi) is 6.48. The number of nitrogens with one attached hydrogen (secondary N) is 1. The van der Waals surface area contributed by atoms with E-state index in [1.54, 1.807) is 0 Å². The van der Waals surface area contributed by atoms with Crippen molar-refractivity contribution in [2.75, 3.05) is 18.4 Å². The third-order valence-corrected chi connectivity index (χ3v) is 5.66. The maximum Gasteiger partial charge on any atom is 0.303 e. The fourth-order valence-electron chi connectivity index (χ4n) is 4.20. The molecule has 1 aliphatic carbocycles. The van der Waals surface area contributed by atoms with Crippen molar-refractivity contribution in [1.29, 1.82) is 0 Å². The lowest BCUT2D eigenvalue weighted by Crippen LogP contribution is -2.42. The number of hydrogen-bond acceptors (Lipinski definition) is 3. The second-order valence-corrected chi connectivity index (χ2v) is 7.61. The van der Waals surface area contributed by atoms with Gasteiger partial charge in [-0.2, -0.15) is 0 Å². The van der Waals surface area contributed by atoms with Gasteiger partial charge in [-0.3, -0.25) is 14.4 Å². The number of hydrogen-bond donors (Lipinski definition) is 2. The fourth-order valence-corrected chi connectivity index (χ4v) is 4.20. The van der Waals surface area contributed by atoms with Crippen LogP contribution in [0.25, 0.3) is 0 Å². The van der Waals surface area contributed by atoms with E-state index in [0.29, 0.717) is 12.1 Å². The topological polar surface area (TPSA) is 86.7 Å². The van der Waals surface area contributed by atoms with Crippen molar-refractivity contribution in [3.8, 4) is 0 Å². The zero-order chi connectivity index (χ0) is 19.2. The average Bonchev–Trinajstić information content (AvgIpc) is 3.21. The molecular weight excluding hydrogens is 344 g/mol. The molecule has 2 N–H and O–H groups in total. The number of carbonyl (C=O) groups is 3. The van der Waals surface area contributed by atoms with Gasteiger partial charge in [-0.25, -0.2) is 0 Å². The number of benzene rings is 1. The Balaban J connectivity index is 1.65. The fraction of sp³-hybridized carbons (Fsp3) is 0.571. The highest BCUT2D eigenvalue weighted by atomic mass is 16.4. The molecule has 3 rings (SSSR count). The summed E-state index contributed by atoms with van der Waals surface area (Å²) in [5, 5.41) is 11.8. The van der Waals surface area contributed by atoms with Gasteiger partial charge in [0, 0.05) is 37.0 Å². The summed E-state index contributed by atoms with van der Waals surface area (Å²) in [6.45, 7) is 1.63. The number of carbonyl (C=O) groups excluding carboxylic acids is 2. The molecule has 2 atom stereocenters. The summed E-state index contributed by atoms with van der Waals surface area (Å²) < 4.78 is 0. The predicted octanol–water partition coefficient (Wildman–Crippen LogP) is 3.07. The van der Waals surface area contributed by atoms with E-state index in [1.165, 1.54) is 0 Å². The zero-order valence-electron chi connectivity index (χ0n) is 15.7. The quantitative estimate of drug-likeness (QED) is 0.803. The lowest BCUT2D eigenvalue weighted by Gasteiger charge is -2.32. The van der Waals surface area contributed by atoms with Gasteiger partial charge in [0.2, 0.25) is 11.8 Å². The molecule has 2 unspecified atom stereocenters. The Morgan fingerprint density at radius 3 is 2.44 bits per heavy atom. The predicted molar refractivity (Wildman–Crippen MR) is 102 cm³/mol. The minimum Gasteiger partial charge on any atom is -0.481 e. The van der Waals surface area contributed by atoms with Crippen LogP contribution in [0.4, 0.5) is 5.69 Å². The Labute approximate surface area is 159 Å². The molecule has 0 aromatic heterocycles. The smallest absolute Gasteiger partial charge is 0.303 e. The number of aliphatic carboxylic acids is 1. The third kappa shape index (κ3) is 5.08. The lowest BCUT2D eigenvalue weighted by atomic mass is 9.77. The maximum atomic E-state index is 12.9. The molecule has 1 saturated carbocycles. The van der Waals surface area contributed by atoms with Crippen LogP contribution in [0, 0.1) is 11.8 Å². The maximum absolute atomic E-state index is 12.9. The van der Waals surface area contributed by atoms with Crippen molar-refractivity contribution in [1.82, 2.24) is 4.90 Å². The SMILES string of the molecule is O=C(O)CCc1cccc(NC(=O)C2CCCCC2C(=O)N2CCCC2)c1. The molecule has 0 spiro atoms. The molecule has 2 fully saturated rings. The van der Waals surface area contributed by atoms with Crippen LogP contribution in [0.15, 0.2) is 24.3 Å². The van der Waals surface area contributed by atoms with Gasteiger partial charge in [-0.05, 0) is 49.8 Å². The molecule has 2 amide bonds. The van der Waals surface area contributed by atoms with Crippen LogP contribution in [0.2, 0.25) is 0 Å². The zero-order valence-corrected chi connectivity index (χ0v) is 15.7. The standard InChI is InChI=1S/C21H28N2O4/c24-19(25)11-10-15-6-5-7-16(14-15)22-20(26)17-8-1-2-9-18(17)21(27)23-12-3-4-13-23/h5-7,14,17-18H,1-4,8-13H2,(H,22,26)(H,24,25). The second-order valence-electron chi connectivity index (χ2n) is 7.61. The monoisotopic (exact) mass is 372 g/mol. The summed E-state index contributed by atoms with van der Waals surface area (Å²) in [5.74, 6) is -1.29. The van der Waals surface area contributed by atoms with Gasteiger partial charge in [0.1, 0.15) is 0 Å². The van der Waals surface area contributed by atoms with Crippen LogP contribution in [-0.4, -0.2) is 40.9 Å². The Bertz CT molecular complexity index is 697. The molecule has 0 radical (unpaired) electrons. The highest BCUT2D eigenvalue weighted by molar-refractivity contribution is 5.96. The lowest BCUT2D eigenvalue weighted by molar-refractivity contribution is -0.141. The summed E-state index contributed by atoms with van der Waals surface area (Å²) >= 11 is 0. The van der Waals surface area contributed by atoms with Gasteiger partial charge in [0.05, 0.1) is 0 Å². The van der Waals surface area contributed by atoms with Gasteiger partial charge >= 0.3 is 5.97 Å². The first-order chi connectivity index (χ1) is 13.0. The molecule has 1 aromatic rings. The van der Waals surface area contributed by atoms with E-state index in [4.69, 9.17) is 5.11 Å². The Morgan fingerprint density at radius 2 is 1.74 bits per heavy atom. The van der Waals surface area contributed by atoms with E-state index in [1.807, 2.05) is 29.2 Å². The van der Waals surface area contributed by atoms with Crippen molar-refractivity contribution in [3.05, 3.63) is 29.8 Å². The van der Waals surface area contributed by atoms with Gasteiger partial charge < -0.3 is 15.3 Å². The van der Waals surface area contributed by atoms with Crippen LogP contribution >= 0.6 is 0 Å². The van der Waals surface area contributed by atoms with Crippen LogP contribution in [-0.2, 0) is 20.8 Å². The first-order valence-corrected chi connectivity index (χ1v) is 9.95. The molecule has 1 saturated heterocycles. The first kappa shape index (κ1) is 19.4. The molecule has 146 valence electrons. The molecule has 2 aliphatic rings. The van der Waals surface area contributed by atoms with Crippen LogP contribution in [0.1, 0.15) is 50.5 Å². The van der Waals surface area contributed by atoms with E-state index in [9.17, 15) is 14.4 Å². The molecule has 1 heterocycles. The van der Waals surface area contributed by atoms with Gasteiger partial charge in [-0.15, -0.1) is 0 Å². The van der Waals surface area contributed by atoms with Crippen molar-refractivity contribution in [3.63, 3.8) is 0 Å². The molecule has 6 nitrogen and oxygen atoms in total. The van der Waals surface area contributed by atoms with Crippen molar-refractivity contribution in [2.24, 2.45) is 11.8 Å². The largest absolute Gasteiger partial charge is 0.481 e. The summed E-state index contributed by atoms with van der Waals surface area (Å²) in [6.07, 6.45) is 6.10. The molecule has 6 heteroatoms. The van der Waals surface area contributed by atoms with Crippen LogP contribution < -0.4 is 5.32 Å². The highest BCUT2D eigenvalue weighted by Gasteiger charge is 2.38. The van der Waals surface area contributed by atoms with Gasteiger partial charge in [0.15, 0.2) is 0 Å². The van der Waals surface area contributed by atoms with E-state index in [0.717, 1.165) is 57.2 Å². The van der Waals surface area contributed by atoms with Gasteiger partial charge in [-0.1, -0.05) is 25.0 Å². The Morgan fingerprint density at radius 1 is 1.04 bits per heavy atom. The molecule has 1 aromatic carbocycles. The molecule has 1 aliphatic heterocycles. The summed E-state index contributed by atoms with van der Waals surface area (Å²) in [6, 6.07) is 7.31. The van der Waals surface area contributed by atoms with Crippen LogP contribution in [0.5, 0.6) is 0 Å². The van der Waals surface area contributed by atoms with Crippen molar-refractivity contribution < 1.29 is 19.5 Å². The minimum atomic E-state index is -0.838. The summed E-state index contributed by atoms with van der Waals surface area (Å²) in [4.78, 5) is 38.4. The number of carboxylic acid groups (broad SMARTS) is 1. The van der Waals surface area contributed by atoms with Crippen LogP contribution in [0.3, 0.4) is 0 Å². The van der Waals surface area contributed by atoms with E-state index >= 15 is 0 Å². The van der Waals surface area contributed by atoms with E-state index in [2.05, 4.69) is 5.32 Å². The number of likely N-dealkylation sites (tertiary alicyclic amines) is 1. The van der Waals surface area contributed by atoms with E-state index in [-0.39, 0.29) is 30.1 Å². The number of rotatable bonds is 6.